The van der Waals surface area contributed by atoms with Crippen LogP contribution in [0.5, 0.6) is 0 Å². The van der Waals surface area contributed by atoms with Crippen LogP contribution < -0.4 is 5.32 Å². The number of rotatable bonds is 3. The first kappa shape index (κ1) is 9.74. The van der Waals surface area contributed by atoms with E-state index in [0.717, 1.165) is 11.1 Å². The summed E-state index contributed by atoms with van der Waals surface area (Å²) in [5, 5.41) is 11.6. The van der Waals surface area contributed by atoms with E-state index < -0.39 is 12.0 Å². The van der Waals surface area contributed by atoms with Gasteiger partial charge in [0.05, 0.1) is 0 Å². The van der Waals surface area contributed by atoms with Crippen molar-refractivity contribution in [3.8, 4) is 0 Å². The number of likely N-dealkylation sites (N-methyl/N-ethyl adjacent to an activating group) is 1. The SMILES string of the molecule is CN[C@H](C(=O)O)c1ccccc1C. The number of carboxylic acids is 1. The Morgan fingerprint density at radius 1 is 1.46 bits per heavy atom. The summed E-state index contributed by atoms with van der Waals surface area (Å²) >= 11 is 0. The fourth-order valence-corrected chi connectivity index (χ4v) is 1.32. The Morgan fingerprint density at radius 3 is 2.54 bits per heavy atom. The van der Waals surface area contributed by atoms with E-state index >= 15 is 0 Å². The molecule has 0 aliphatic heterocycles. The van der Waals surface area contributed by atoms with Crippen LogP contribution in [0, 0.1) is 6.92 Å². The molecule has 1 rings (SSSR count). The maximum atomic E-state index is 10.8. The number of benzene rings is 1. The van der Waals surface area contributed by atoms with E-state index in [2.05, 4.69) is 5.32 Å². The van der Waals surface area contributed by atoms with Crippen LogP contribution in [-0.4, -0.2) is 18.1 Å². The lowest BCUT2D eigenvalue weighted by Crippen LogP contribution is -2.25. The van der Waals surface area contributed by atoms with Gasteiger partial charge in [-0.25, -0.2) is 0 Å². The second-order valence-corrected chi connectivity index (χ2v) is 2.92. The van der Waals surface area contributed by atoms with E-state index in [9.17, 15) is 4.79 Å². The molecular weight excluding hydrogens is 166 g/mol. The minimum absolute atomic E-state index is 0.610. The zero-order valence-electron chi connectivity index (χ0n) is 7.74. The van der Waals surface area contributed by atoms with Crippen molar-refractivity contribution in [2.24, 2.45) is 0 Å². The van der Waals surface area contributed by atoms with Crippen LogP contribution in [0.4, 0.5) is 0 Å². The number of hydrogen-bond donors (Lipinski definition) is 2. The van der Waals surface area contributed by atoms with Gasteiger partial charge in [-0.3, -0.25) is 4.79 Å². The van der Waals surface area contributed by atoms with Gasteiger partial charge in [-0.05, 0) is 25.1 Å². The summed E-state index contributed by atoms with van der Waals surface area (Å²) in [5.74, 6) is -0.850. The van der Waals surface area contributed by atoms with Crippen LogP contribution in [0.25, 0.3) is 0 Å². The van der Waals surface area contributed by atoms with Crippen molar-refractivity contribution in [3.05, 3.63) is 35.4 Å². The van der Waals surface area contributed by atoms with Crippen LogP contribution in [0.3, 0.4) is 0 Å². The zero-order chi connectivity index (χ0) is 9.84. The molecule has 0 spiro atoms. The highest BCUT2D eigenvalue weighted by molar-refractivity contribution is 5.76. The first-order valence-corrected chi connectivity index (χ1v) is 4.12. The van der Waals surface area contributed by atoms with E-state index in [-0.39, 0.29) is 0 Å². The van der Waals surface area contributed by atoms with Crippen molar-refractivity contribution < 1.29 is 9.90 Å². The molecule has 0 unspecified atom stereocenters. The minimum atomic E-state index is -0.850. The molecule has 1 aromatic rings. The van der Waals surface area contributed by atoms with Crippen molar-refractivity contribution in [1.82, 2.24) is 5.32 Å². The first-order valence-electron chi connectivity index (χ1n) is 4.12. The van der Waals surface area contributed by atoms with E-state index in [1.165, 1.54) is 0 Å². The van der Waals surface area contributed by atoms with E-state index in [1.807, 2.05) is 31.2 Å². The summed E-state index contributed by atoms with van der Waals surface area (Å²) in [4.78, 5) is 10.8. The molecule has 0 amide bonds. The van der Waals surface area contributed by atoms with Gasteiger partial charge in [-0.2, -0.15) is 0 Å². The number of carboxylic acid groups (broad SMARTS) is 1. The lowest BCUT2D eigenvalue weighted by atomic mass is 10.0. The molecule has 0 radical (unpaired) electrons. The molecule has 0 heterocycles. The average molecular weight is 179 g/mol. The molecule has 0 aliphatic carbocycles. The van der Waals surface area contributed by atoms with Gasteiger partial charge in [-0.1, -0.05) is 24.3 Å². The Kier molecular flexibility index (Phi) is 3.03. The van der Waals surface area contributed by atoms with Crippen LogP contribution in [0.1, 0.15) is 17.2 Å². The van der Waals surface area contributed by atoms with E-state index in [0.29, 0.717) is 0 Å². The van der Waals surface area contributed by atoms with E-state index in [4.69, 9.17) is 5.11 Å². The zero-order valence-corrected chi connectivity index (χ0v) is 7.74. The number of hydrogen-bond acceptors (Lipinski definition) is 2. The summed E-state index contributed by atoms with van der Waals surface area (Å²) < 4.78 is 0. The maximum absolute atomic E-state index is 10.8. The number of aryl methyl sites for hydroxylation is 1. The molecule has 0 bridgehead atoms. The van der Waals surface area contributed by atoms with Crippen molar-refractivity contribution in [2.75, 3.05) is 7.05 Å². The summed E-state index contributed by atoms with van der Waals surface area (Å²) in [6.45, 7) is 1.91. The Bertz CT molecular complexity index is 310. The van der Waals surface area contributed by atoms with Gasteiger partial charge in [0.15, 0.2) is 0 Å². The molecule has 0 aromatic heterocycles. The highest BCUT2D eigenvalue weighted by Crippen LogP contribution is 2.16. The predicted molar refractivity (Wildman–Crippen MR) is 50.6 cm³/mol. The molecule has 1 aromatic carbocycles. The topological polar surface area (TPSA) is 49.3 Å². The molecule has 0 saturated carbocycles. The molecule has 3 heteroatoms. The first-order chi connectivity index (χ1) is 6.16. The van der Waals surface area contributed by atoms with Gasteiger partial charge < -0.3 is 10.4 Å². The average Bonchev–Trinajstić information content (AvgIpc) is 2.09. The molecule has 0 saturated heterocycles. The normalized spacial score (nSPS) is 12.5. The summed E-state index contributed by atoms with van der Waals surface area (Å²) in [6.07, 6.45) is 0. The van der Waals surface area contributed by atoms with Crippen LogP contribution in [-0.2, 0) is 4.79 Å². The van der Waals surface area contributed by atoms with Gasteiger partial charge in [0.2, 0.25) is 0 Å². The Morgan fingerprint density at radius 2 is 2.08 bits per heavy atom. The van der Waals surface area contributed by atoms with Crippen LogP contribution >= 0.6 is 0 Å². The highest BCUT2D eigenvalue weighted by Gasteiger charge is 2.18. The predicted octanol–water partition coefficient (Wildman–Crippen LogP) is 1.34. The van der Waals surface area contributed by atoms with Gasteiger partial charge in [0.1, 0.15) is 6.04 Å². The quantitative estimate of drug-likeness (QED) is 0.736. The third-order valence-electron chi connectivity index (χ3n) is 2.04. The maximum Gasteiger partial charge on any atom is 0.325 e. The van der Waals surface area contributed by atoms with Gasteiger partial charge in [-0.15, -0.1) is 0 Å². The molecule has 3 nitrogen and oxygen atoms in total. The molecule has 70 valence electrons. The van der Waals surface area contributed by atoms with Gasteiger partial charge in [0, 0.05) is 0 Å². The fourth-order valence-electron chi connectivity index (χ4n) is 1.32. The standard InChI is InChI=1S/C10H13NO2/c1-7-5-3-4-6-8(7)9(11-2)10(12)13/h3-6,9,11H,1-2H3,(H,12,13)/t9-/m0/s1. The molecular formula is C10H13NO2. The molecule has 0 aliphatic rings. The number of nitrogens with one attached hydrogen (secondary N) is 1. The molecule has 13 heavy (non-hydrogen) atoms. The van der Waals surface area contributed by atoms with Crippen molar-refractivity contribution in [1.29, 1.82) is 0 Å². The molecule has 0 fully saturated rings. The van der Waals surface area contributed by atoms with Crippen LogP contribution in [0.15, 0.2) is 24.3 Å². The monoisotopic (exact) mass is 179 g/mol. The van der Waals surface area contributed by atoms with Crippen LogP contribution in [0.2, 0.25) is 0 Å². The third kappa shape index (κ3) is 2.06. The third-order valence-corrected chi connectivity index (χ3v) is 2.04. The Labute approximate surface area is 77.4 Å². The smallest absolute Gasteiger partial charge is 0.325 e. The highest BCUT2D eigenvalue weighted by atomic mass is 16.4. The Hall–Kier alpha value is -1.35. The van der Waals surface area contributed by atoms with Crippen molar-refractivity contribution in [3.63, 3.8) is 0 Å². The van der Waals surface area contributed by atoms with Gasteiger partial charge in [0.25, 0.3) is 0 Å². The fraction of sp³-hybridized carbons (Fsp3) is 0.300. The summed E-state index contributed by atoms with van der Waals surface area (Å²) in [5.41, 5.74) is 1.81. The second kappa shape index (κ2) is 4.05. The van der Waals surface area contributed by atoms with Crippen molar-refractivity contribution >= 4 is 5.97 Å². The lowest BCUT2D eigenvalue weighted by molar-refractivity contribution is -0.139. The van der Waals surface area contributed by atoms with Crippen molar-refractivity contribution in [2.45, 2.75) is 13.0 Å². The minimum Gasteiger partial charge on any atom is -0.480 e. The summed E-state index contributed by atoms with van der Waals surface area (Å²) in [6, 6.07) is 6.86. The number of aliphatic carboxylic acids is 1. The second-order valence-electron chi connectivity index (χ2n) is 2.92. The number of carbonyl (C=O) groups is 1. The lowest BCUT2D eigenvalue weighted by Gasteiger charge is -2.13. The summed E-state index contributed by atoms with van der Waals surface area (Å²) in [7, 11) is 1.64. The molecule has 2 N–H and O–H groups in total. The van der Waals surface area contributed by atoms with E-state index in [1.54, 1.807) is 7.05 Å². The Balaban J connectivity index is 3.04. The largest absolute Gasteiger partial charge is 0.480 e. The van der Waals surface area contributed by atoms with Gasteiger partial charge >= 0.3 is 5.97 Å². The molecule has 1 atom stereocenters.